The summed E-state index contributed by atoms with van der Waals surface area (Å²) in [4.78, 5) is 0. The molecule has 1 aliphatic rings. The summed E-state index contributed by atoms with van der Waals surface area (Å²) in [5, 5.41) is 1.37. The Morgan fingerprint density at radius 2 is 1.93 bits per heavy atom. The maximum absolute atomic E-state index is 2.36. The first-order valence-corrected chi connectivity index (χ1v) is 5.26. The molecular formula is C13H15N. The van der Waals surface area contributed by atoms with E-state index in [0.717, 1.165) is 0 Å². The van der Waals surface area contributed by atoms with E-state index in [-0.39, 0.29) is 0 Å². The lowest BCUT2D eigenvalue weighted by Crippen LogP contribution is -2.06. The number of fused-ring (bicyclic) bond motifs is 1. The first-order valence-electron chi connectivity index (χ1n) is 5.26. The highest BCUT2D eigenvalue weighted by atomic mass is 15.0. The van der Waals surface area contributed by atoms with Gasteiger partial charge in [-0.15, -0.1) is 0 Å². The normalized spacial score (nSPS) is 18.7. The van der Waals surface area contributed by atoms with Gasteiger partial charge in [-0.05, 0) is 30.4 Å². The molecule has 0 radical (unpaired) electrons. The second-order valence-electron chi connectivity index (χ2n) is 4.71. The monoisotopic (exact) mass is 185 g/mol. The van der Waals surface area contributed by atoms with Gasteiger partial charge in [0.05, 0.1) is 0 Å². The zero-order valence-electron chi connectivity index (χ0n) is 8.75. The molecule has 1 aliphatic carbocycles. The molecule has 1 fully saturated rings. The predicted octanol–water partition coefficient (Wildman–Crippen LogP) is 3.23. The van der Waals surface area contributed by atoms with E-state index < -0.39 is 0 Å². The maximum atomic E-state index is 2.36. The van der Waals surface area contributed by atoms with Crippen molar-refractivity contribution in [3.05, 3.63) is 36.0 Å². The molecule has 0 N–H and O–H groups in total. The topological polar surface area (TPSA) is 4.93 Å². The molecule has 2 aromatic rings. The molecule has 0 aliphatic heterocycles. The fraction of sp³-hybridized carbons (Fsp3) is 0.385. The molecule has 72 valence electrons. The summed E-state index contributed by atoms with van der Waals surface area (Å²) in [6.45, 7) is 2.36. The summed E-state index contributed by atoms with van der Waals surface area (Å²) in [5.41, 5.74) is 3.32. The highest BCUT2D eigenvalue weighted by molar-refractivity contribution is 5.81. The van der Waals surface area contributed by atoms with Crippen LogP contribution in [-0.2, 0) is 12.5 Å². The van der Waals surface area contributed by atoms with E-state index in [2.05, 4.69) is 48.9 Å². The molecule has 0 atom stereocenters. The van der Waals surface area contributed by atoms with Gasteiger partial charge >= 0.3 is 0 Å². The molecule has 0 bridgehead atoms. The van der Waals surface area contributed by atoms with Gasteiger partial charge in [0.2, 0.25) is 0 Å². The van der Waals surface area contributed by atoms with E-state index in [1.54, 1.807) is 0 Å². The fourth-order valence-electron chi connectivity index (χ4n) is 2.31. The van der Waals surface area contributed by atoms with Gasteiger partial charge in [0.1, 0.15) is 0 Å². The van der Waals surface area contributed by atoms with Gasteiger partial charge in [0.15, 0.2) is 0 Å². The Labute approximate surface area is 84.4 Å². The standard InChI is InChI=1S/C13H15N/c1-13(7-8-13)12-9-10-5-3-4-6-11(10)14(12)2/h3-6,9H,7-8H2,1-2H3. The number of nitrogens with zero attached hydrogens (tertiary/aromatic N) is 1. The molecule has 0 saturated heterocycles. The Morgan fingerprint density at radius 1 is 1.21 bits per heavy atom. The predicted molar refractivity (Wildman–Crippen MR) is 59.5 cm³/mol. The van der Waals surface area contributed by atoms with Crippen LogP contribution in [0.4, 0.5) is 0 Å². The van der Waals surface area contributed by atoms with Crippen LogP contribution in [-0.4, -0.2) is 4.57 Å². The van der Waals surface area contributed by atoms with Crippen LogP contribution in [0.5, 0.6) is 0 Å². The maximum Gasteiger partial charge on any atom is 0.0480 e. The summed E-state index contributed by atoms with van der Waals surface area (Å²) in [7, 11) is 2.18. The minimum atomic E-state index is 0.466. The minimum Gasteiger partial charge on any atom is -0.347 e. The lowest BCUT2D eigenvalue weighted by atomic mass is 10.1. The third-order valence-electron chi connectivity index (χ3n) is 3.57. The van der Waals surface area contributed by atoms with Crippen LogP contribution in [0.25, 0.3) is 10.9 Å². The van der Waals surface area contributed by atoms with Gasteiger partial charge in [-0.2, -0.15) is 0 Å². The third kappa shape index (κ3) is 0.955. The Bertz CT molecular complexity index is 489. The molecule has 1 nitrogen and oxygen atoms in total. The smallest absolute Gasteiger partial charge is 0.0480 e. The lowest BCUT2D eigenvalue weighted by Gasteiger charge is -2.09. The zero-order chi connectivity index (χ0) is 9.76. The first-order chi connectivity index (χ1) is 6.71. The molecule has 0 amide bonds. The average Bonchev–Trinajstić information content (AvgIpc) is 2.84. The molecule has 0 unspecified atom stereocenters. The van der Waals surface area contributed by atoms with Gasteiger partial charge in [0, 0.05) is 23.7 Å². The van der Waals surface area contributed by atoms with Crippen molar-refractivity contribution < 1.29 is 0 Å². The van der Waals surface area contributed by atoms with Crippen molar-refractivity contribution in [1.29, 1.82) is 0 Å². The van der Waals surface area contributed by atoms with Crippen molar-refractivity contribution in [2.45, 2.75) is 25.2 Å². The summed E-state index contributed by atoms with van der Waals surface area (Å²) in [6.07, 6.45) is 2.69. The second-order valence-corrected chi connectivity index (χ2v) is 4.71. The van der Waals surface area contributed by atoms with Crippen molar-refractivity contribution >= 4 is 10.9 Å². The Balaban J connectivity index is 2.31. The molecule has 1 aromatic heterocycles. The lowest BCUT2D eigenvalue weighted by molar-refractivity contribution is 0.699. The number of aromatic nitrogens is 1. The van der Waals surface area contributed by atoms with E-state index >= 15 is 0 Å². The number of para-hydroxylation sites is 1. The van der Waals surface area contributed by atoms with Crippen LogP contribution >= 0.6 is 0 Å². The van der Waals surface area contributed by atoms with Gasteiger partial charge in [0.25, 0.3) is 0 Å². The average molecular weight is 185 g/mol. The third-order valence-corrected chi connectivity index (χ3v) is 3.57. The zero-order valence-corrected chi connectivity index (χ0v) is 8.75. The van der Waals surface area contributed by atoms with Crippen molar-refractivity contribution in [2.75, 3.05) is 0 Å². The summed E-state index contributed by atoms with van der Waals surface area (Å²) >= 11 is 0. The SMILES string of the molecule is Cn1c(C2(C)CC2)cc2ccccc21. The van der Waals surface area contributed by atoms with E-state index in [1.165, 1.54) is 29.4 Å². The van der Waals surface area contributed by atoms with Crippen LogP contribution in [0.2, 0.25) is 0 Å². The van der Waals surface area contributed by atoms with Crippen molar-refractivity contribution in [2.24, 2.45) is 7.05 Å². The summed E-state index contributed by atoms with van der Waals surface area (Å²) in [6, 6.07) is 11.0. The second kappa shape index (κ2) is 2.41. The molecule has 0 spiro atoms. The molecular weight excluding hydrogens is 170 g/mol. The molecule has 14 heavy (non-hydrogen) atoms. The summed E-state index contributed by atoms with van der Waals surface area (Å²) in [5.74, 6) is 0. The highest BCUT2D eigenvalue weighted by Crippen LogP contribution is 2.48. The van der Waals surface area contributed by atoms with Gasteiger partial charge in [-0.1, -0.05) is 25.1 Å². The quantitative estimate of drug-likeness (QED) is 0.642. The van der Waals surface area contributed by atoms with Crippen LogP contribution in [0, 0.1) is 0 Å². The molecule has 1 heterocycles. The van der Waals surface area contributed by atoms with Gasteiger partial charge in [-0.3, -0.25) is 0 Å². The van der Waals surface area contributed by atoms with E-state index in [1.807, 2.05) is 0 Å². The highest BCUT2D eigenvalue weighted by Gasteiger charge is 2.41. The number of rotatable bonds is 1. The molecule has 1 saturated carbocycles. The minimum absolute atomic E-state index is 0.466. The Morgan fingerprint density at radius 3 is 2.57 bits per heavy atom. The van der Waals surface area contributed by atoms with Crippen LogP contribution < -0.4 is 0 Å². The largest absolute Gasteiger partial charge is 0.347 e. The fourth-order valence-corrected chi connectivity index (χ4v) is 2.31. The van der Waals surface area contributed by atoms with Crippen LogP contribution in [0.1, 0.15) is 25.5 Å². The molecule has 1 aromatic carbocycles. The van der Waals surface area contributed by atoms with Crippen molar-refractivity contribution in [3.8, 4) is 0 Å². The summed E-state index contributed by atoms with van der Waals surface area (Å²) < 4.78 is 2.35. The van der Waals surface area contributed by atoms with E-state index in [9.17, 15) is 0 Å². The van der Waals surface area contributed by atoms with Gasteiger partial charge in [-0.25, -0.2) is 0 Å². The Hall–Kier alpha value is -1.24. The van der Waals surface area contributed by atoms with Crippen molar-refractivity contribution in [3.63, 3.8) is 0 Å². The first kappa shape index (κ1) is 8.10. The van der Waals surface area contributed by atoms with E-state index in [4.69, 9.17) is 0 Å². The van der Waals surface area contributed by atoms with Crippen LogP contribution in [0.15, 0.2) is 30.3 Å². The Kier molecular flexibility index (Phi) is 1.40. The molecule has 3 rings (SSSR count). The van der Waals surface area contributed by atoms with Gasteiger partial charge < -0.3 is 4.57 Å². The molecule has 1 heteroatoms. The number of hydrogen-bond donors (Lipinski definition) is 0. The van der Waals surface area contributed by atoms with Crippen LogP contribution in [0.3, 0.4) is 0 Å². The number of hydrogen-bond acceptors (Lipinski definition) is 0. The van der Waals surface area contributed by atoms with Crippen molar-refractivity contribution in [1.82, 2.24) is 4.57 Å². The number of aryl methyl sites for hydroxylation is 1. The van der Waals surface area contributed by atoms with E-state index in [0.29, 0.717) is 5.41 Å². The number of benzene rings is 1.